The van der Waals surface area contributed by atoms with Crippen molar-refractivity contribution in [3.63, 3.8) is 0 Å². The van der Waals surface area contributed by atoms with E-state index in [2.05, 4.69) is 4.74 Å². The topological polar surface area (TPSA) is 46.6 Å². The summed E-state index contributed by atoms with van der Waals surface area (Å²) in [4.78, 5) is 22.2. The highest BCUT2D eigenvalue weighted by atomic mass is 16.5. The number of carbonyl (C=O) groups excluding carboxylic acids is 2. The van der Waals surface area contributed by atoms with Crippen molar-refractivity contribution in [1.29, 1.82) is 0 Å². The molecule has 0 bridgehead atoms. The predicted octanol–water partition coefficient (Wildman–Crippen LogP) is -0.362. The van der Waals surface area contributed by atoms with E-state index in [-0.39, 0.29) is 12.5 Å². The van der Waals surface area contributed by atoms with Gasteiger partial charge in [0.25, 0.3) is 5.91 Å². The van der Waals surface area contributed by atoms with Crippen LogP contribution in [0.1, 0.15) is 6.92 Å². The summed E-state index contributed by atoms with van der Waals surface area (Å²) in [7, 11) is 3.21. The van der Waals surface area contributed by atoms with Gasteiger partial charge in [-0.3, -0.25) is 9.59 Å². The monoisotopic (exact) mass is 145 g/mol. The molecule has 0 saturated heterocycles. The Kier molecular flexibility index (Phi) is 3.46. The lowest BCUT2D eigenvalue weighted by Gasteiger charge is -2.08. The van der Waals surface area contributed by atoms with Crippen molar-refractivity contribution in [2.45, 2.75) is 6.92 Å². The largest absolute Gasteiger partial charge is 0.456 e. The molecule has 0 aromatic heterocycles. The van der Waals surface area contributed by atoms with Crippen LogP contribution < -0.4 is 0 Å². The minimum Gasteiger partial charge on any atom is -0.456 e. The van der Waals surface area contributed by atoms with Crippen molar-refractivity contribution in [3.8, 4) is 0 Å². The lowest BCUT2D eigenvalue weighted by Crippen LogP contribution is -2.27. The molecule has 4 heteroatoms. The second kappa shape index (κ2) is 3.87. The van der Waals surface area contributed by atoms with Crippen LogP contribution in [-0.2, 0) is 14.3 Å². The number of hydrogen-bond acceptors (Lipinski definition) is 3. The maximum atomic E-state index is 10.7. The zero-order valence-corrected chi connectivity index (χ0v) is 6.38. The second-order valence-electron chi connectivity index (χ2n) is 2.07. The number of hydrogen-bond donors (Lipinski definition) is 0. The Morgan fingerprint density at radius 1 is 1.40 bits per heavy atom. The van der Waals surface area contributed by atoms with Crippen LogP contribution in [0.5, 0.6) is 0 Å². The van der Waals surface area contributed by atoms with Gasteiger partial charge in [-0.05, 0) is 0 Å². The molecule has 1 amide bonds. The summed E-state index contributed by atoms with van der Waals surface area (Å²) in [6.07, 6.45) is 0. The third-order valence-corrected chi connectivity index (χ3v) is 0.898. The molecule has 4 nitrogen and oxygen atoms in total. The molecule has 0 N–H and O–H groups in total. The molecule has 0 aliphatic heterocycles. The third-order valence-electron chi connectivity index (χ3n) is 0.898. The standard InChI is InChI=1S/C6H11NO3/c1-5(8)10-4-6(9)7(2)3/h4H2,1-3H3. The molecule has 0 aliphatic rings. The highest BCUT2D eigenvalue weighted by Gasteiger charge is 2.04. The summed E-state index contributed by atoms with van der Waals surface area (Å²) < 4.78 is 4.43. The first-order valence-electron chi connectivity index (χ1n) is 2.87. The molecule has 0 aromatic carbocycles. The number of likely N-dealkylation sites (N-methyl/N-ethyl adjacent to an activating group) is 1. The molecule has 0 radical (unpaired) electrons. The van der Waals surface area contributed by atoms with E-state index in [1.54, 1.807) is 14.1 Å². The van der Waals surface area contributed by atoms with Gasteiger partial charge in [-0.25, -0.2) is 0 Å². The Bertz CT molecular complexity index is 142. The molecule has 0 spiro atoms. The van der Waals surface area contributed by atoms with Gasteiger partial charge in [0.15, 0.2) is 6.61 Å². The van der Waals surface area contributed by atoms with Crippen molar-refractivity contribution in [2.75, 3.05) is 20.7 Å². The van der Waals surface area contributed by atoms with E-state index < -0.39 is 5.97 Å². The Labute approximate surface area is 59.8 Å². The average molecular weight is 145 g/mol. The van der Waals surface area contributed by atoms with Gasteiger partial charge >= 0.3 is 5.97 Å². The fourth-order valence-electron chi connectivity index (χ4n) is 0.292. The molecule has 0 atom stereocenters. The van der Waals surface area contributed by atoms with Gasteiger partial charge < -0.3 is 9.64 Å². The lowest BCUT2D eigenvalue weighted by atomic mass is 10.6. The molecule has 0 unspecified atom stereocenters. The minimum atomic E-state index is -0.435. The van der Waals surface area contributed by atoms with Crippen molar-refractivity contribution < 1.29 is 14.3 Å². The molecule has 0 heterocycles. The smallest absolute Gasteiger partial charge is 0.303 e. The predicted molar refractivity (Wildman–Crippen MR) is 35.3 cm³/mol. The van der Waals surface area contributed by atoms with Gasteiger partial charge in [-0.2, -0.15) is 0 Å². The zero-order chi connectivity index (χ0) is 8.15. The van der Waals surface area contributed by atoms with Crippen LogP contribution in [0.2, 0.25) is 0 Å². The first-order chi connectivity index (χ1) is 4.54. The SMILES string of the molecule is CC(=O)OCC(=O)N(C)C. The first-order valence-corrected chi connectivity index (χ1v) is 2.87. The Hall–Kier alpha value is -1.06. The average Bonchev–Trinajstić information content (AvgIpc) is 1.82. The summed E-state index contributed by atoms with van der Waals surface area (Å²) in [6, 6.07) is 0. The van der Waals surface area contributed by atoms with Crippen LogP contribution >= 0.6 is 0 Å². The van der Waals surface area contributed by atoms with Crippen LogP contribution in [0.15, 0.2) is 0 Å². The van der Waals surface area contributed by atoms with E-state index in [4.69, 9.17) is 0 Å². The quantitative estimate of drug-likeness (QED) is 0.498. The summed E-state index contributed by atoms with van der Waals surface area (Å²) in [6.45, 7) is 1.10. The first kappa shape index (κ1) is 8.94. The van der Waals surface area contributed by atoms with Crippen molar-refractivity contribution in [1.82, 2.24) is 4.90 Å². The number of carbonyl (C=O) groups is 2. The molecular formula is C6H11NO3. The number of ether oxygens (including phenoxy) is 1. The Morgan fingerprint density at radius 3 is 2.20 bits per heavy atom. The van der Waals surface area contributed by atoms with E-state index in [0.717, 1.165) is 0 Å². The van der Waals surface area contributed by atoms with E-state index >= 15 is 0 Å². The number of amides is 1. The molecule has 58 valence electrons. The number of rotatable bonds is 2. The fraction of sp³-hybridized carbons (Fsp3) is 0.667. The second-order valence-corrected chi connectivity index (χ2v) is 2.07. The van der Waals surface area contributed by atoms with Crippen LogP contribution in [0.3, 0.4) is 0 Å². The van der Waals surface area contributed by atoms with E-state index in [1.165, 1.54) is 11.8 Å². The Morgan fingerprint density at radius 2 is 1.90 bits per heavy atom. The molecule has 0 aromatic rings. The van der Waals surface area contributed by atoms with Gasteiger partial charge in [0.2, 0.25) is 0 Å². The van der Waals surface area contributed by atoms with Crippen LogP contribution in [-0.4, -0.2) is 37.5 Å². The fourth-order valence-corrected chi connectivity index (χ4v) is 0.292. The molecule has 0 rings (SSSR count). The number of esters is 1. The molecule has 0 saturated carbocycles. The van der Waals surface area contributed by atoms with Gasteiger partial charge in [0.1, 0.15) is 0 Å². The maximum absolute atomic E-state index is 10.7. The zero-order valence-electron chi connectivity index (χ0n) is 6.38. The summed E-state index contributed by atoms with van der Waals surface area (Å²) in [5, 5.41) is 0. The summed E-state index contributed by atoms with van der Waals surface area (Å²) in [5.41, 5.74) is 0. The van der Waals surface area contributed by atoms with Crippen LogP contribution in [0, 0.1) is 0 Å². The van der Waals surface area contributed by atoms with Crippen LogP contribution in [0.25, 0.3) is 0 Å². The third kappa shape index (κ3) is 3.88. The van der Waals surface area contributed by atoms with Gasteiger partial charge in [-0.15, -0.1) is 0 Å². The molecule has 10 heavy (non-hydrogen) atoms. The van der Waals surface area contributed by atoms with Crippen molar-refractivity contribution >= 4 is 11.9 Å². The van der Waals surface area contributed by atoms with Gasteiger partial charge in [0, 0.05) is 21.0 Å². The minimum absolute atomic E-state index is 0.164. The molecule has 0 fully saturated rings. The van der Waals surface area contributed by atoms with E-state index in [0.29, 0.717) is 0 Å². The summed E-state index contributed by atoms with van der Waals surface area (Å²) >= 11 is 0. The van der Waals surface area contributed by atoms with Gasteiger partial charge in [0.05, 0.1) is 0 Å². The Balaban J connectivity index is 3.50. The van der Waals surface area contributed by atoms with Gasteiger partial charge in [-0.1, -0.05) is 0 Å². The van der Waals surface area contributed by atoms with E-state index in [1.807, 2.05) is 0 Å². The maximum Gasteiger partial charge on any atom is 0.303 e. The van der Waals surface area contributed by atoms with Crippen molar-refractivity contribution in [3.05, 3.63) is 0 Å². The van der Waals surface area contributed by atoms with Crippen LogP contribution in [0.4, 0.5) is 0 Å². The molecule has 0 aliphatic carbocycles. The highest BCUT2D eigenvalue weighted by Crippen LogP contribution is 1.81. The van der Waals surface area contributed by atoms with Crippen molar-refractivity contribution in [2.24, 2.45) is 0 Å². The summed E-state index contributed by atoms with van der Waals surface area (Å²) in [5.74, 6) is -0.648. The molecular weight excluding hydrogens is 134 g/mol. The lowest BCUT2D eigenvalue weighted by molar-refractivity contribution is -0.149. The highest BCUT2D eigenvalue weighted by molar-refractivity contribution is 5.79. The number of nitrogens with zero attached hydrogens (tertiary/aromatic N) is 1. The van der Waals surface area contributed by atoms with E-state index in [9.17, 15) is 9.59 Å². The normalized spacial score (nSPS) is 8.70.